The van der Waals surface area contributed by atoms with E-state index < -0.39 is 6.04 Å². The average molecular weight is 452 g/mol. The van der Waals surface area contributed by atoms with E-state index in [1.54, 1.807) is 6.20 Å². The molecule has 1 saturated heterocycles. The maximum Gasteiger partial charge on any atom is 0.247 e. The molecule has 4 rings (SSSR count). The molecule has 2 aromatic carbocycles. The van der Waals surface area contributed by atoms with Gasteiger partial charge in [-0.1, -0.05) is 60.7 Å². The van der Waals surface area contributed by atoms with Gasteiger partial charge >= 0.3 is 0 Å². The molecule has 2 heterocycles. The summed E-state index contributed by atoms with van der Waals surface area (Å²) >= 11 is 3.57. The highest BCUT2D eigenvalue weighted by molar-refractivity contribution is 9.10. The van der Waals surface area contributed by atoms with Crippen LogP contribution in [0.15, 0.2) is 71.3 Å². The first kappa shape index (κ1) is 19.4. The van der Waals surface area contributed by atoms with Crippen molar-refractivity contribution < 1.29 is 4.79 Å². The summed E-state index contributed by atoms with van der Waals surface area (Å²) < 4.78 is 0.756. The van der Waals surface area contributed by atoms with Crippen LogP contribution in [0.4, 0.5) is 11.8 Å². The number of nitrogens with zero attached hydrogens (tertiary/aromatic N) is 3. The predicted molar refractivity (Wildman–Crippen MR) is 118 cm³/mol. The van der Waals surface area contributed by atoms with Crippen molar-refractivity contribution in [2.45, 2.75) is 19.0 Å². The molecule has 0 aliphatic carbocycles. The molecule has 3 aromatic rings. The average Bonchev–Trinajstić information content (AvgIpc) is 2.76. The first-order valence-corrected chi connectivity index (χ1v) is 10.4. The molecule has 1 aromatic heterocycles. The fourth-order valence-corrected chi connectivity index (χ4v) is 3.93. The van der Waals surface area contributed by atoms with Crippen LogP contribution in [0, 0.1) is 0 Å². The van der Waals surface area contributed by atoms with Gasteiger partial charge in [0.1, 0.15) is 11.9 Å². The second-order valence-corrected chi connectivity index (χ2v) is 7.79. The number of benzene rings is 2. The number of anilines is 2. The third-order valence-electron chi connectivity index (χ3n) is 4.97. The van der Waals surface area contributed by atoms with Crippen molar-refractivity contribution in [1.29, 1.82) is 0 Å². The molecule has 29 heavy (non-hydrogen) atoms. The number of carbonyl (C=O) groups excluding carboxylic acids is 1. The molecule has 0 saturated carbocycles. The van der Waals surface area contributed by atoms with Crippen LogP contribution in [0.25, 0.3) is 0 Å². The van der Waals surface area contributed by atoms with E-state index in [4.69, 9.17) is 4.98 Å². The van der Waals surface area contributed by atoms with Gasteiger partial charge in [0.15, 0.2) is 0 Å². The molecular weight excluding hydrogens is 430 g/mol. The molecule has 1 amide bonds. The normalized spacial score (nSPS) is 17.5. The molecule has 6 nitrogen and oxygen atoms in total. The summed E-state index contributed by atoms with van der Waals surface area (Å²) in [6, 6.07) is 19.5. The fourth-order valence-electron chi connectivity index (χ4n) is 3.51. The van der Waals surface area contributed by atoms with E-state index in [1.807, 2.05) is 53.4 Å². The van der Waals surface area contributed by atoms with Gasteiger partial charge in [-0.05, 0) is 34.0 Å². The van der Waals surface area contributed by atoms with Gasteiger partial charge in [0, 0.05) is 19.3 Å². The van der Waals surface area contributed by atoms with Crippen molar-refractivity contribution in [3.63, 3.8) is 0 Å². The lowest BCUT2D eigenvalue weighted by atomic mass is 10.0. The second-order valence-electron chi connectivity index (χ2n) is 6.94. The number of nitrogens with one attached hydrogen (secondary N) is 2. The summed E-state index contributed by atoms with van der Waals surface area (Å²) in [6.07, 6.45) is 1.73. The molecule has 0 spiro atoms. The summed E-state index contributed by atoms with van der Waals surface area (Å²) in [5.41, 5.74) is 2.09. The van der Waals surface area contributed by atoms with Crippen LogP contribution in [-0.2, 0) is 4.79 Å². The van der Waals surface area contributed by atoms with E-state index in [9.17, 15) is 4.79 Å². The zero-order valence-corrected chi connectivity index (χ0v) is 17.6. The molecule has 1 fully saturated rings. The lowest BCUT2D eigenvalue weighted by Gasteiger charge is -2.36. The maximum absolute atomic E-state index is 12.7. The lowest BCUT2D eigenvalue weighted by molar-refractivity contribution is -0.123. The SMILES string of the molecule is C[C@@H](Nc1ncc(Br)c(N2CCNC(=O)C2c2ccccc2)n1)c1ccccc1. The monoisotopic (exact) mass is 451 g/mol. The van der Waals surface area contributed by atoms with Gasteiger partial charge in [-0.3, -0.25) is 4.79 Å². The summed E-state index contributed by atoms with van der Waals surface area (Å²) in [7, 11) is 0. The number of carbonyl (C=O) groups is 1. The first-order chi connectivity index (χ1) is 14.1. The van der Waals surface area contributed by atoms with Crippen molar-refractivity contribution in [2.75, 3.05) is 23.3 Å². The summed E-state index contributed by atoms with van der Waals surface area (Å²) in [6.45, 7) is 3.30. The Hall–Kier alpha value is -2.93. The van der Waals surface area contributed by atoms with Gasteiger partial charge in [-0.2, -0.15) is 4.98 Å². The Kier molecular flexibility index (Phi) is 5.76. The molecule has 0 bridgehead atoms. The smallest absolute Gasteiger partial charge is 0.247 e. The van der Waals surface area contributed by atoms with E-state index in [-0.39, 0.29) is 11.9 Å². The minimum absolute atomic E-state index is 0.0277. The zero-order chi connectivity index (χ0) is 20.2. The van der Waals surface area contributed by atoms with Crippen molar-refractivity contribution in [3.05, 3.63) is 82.5 Å². The van der Waals surface area contributed by atoms with E-state index in [0.717, 1.165) is 15.6 Å². The van der Waals surface area contributed by atoms with Gasteiger partial charge in [-0.25, -0.2) is 4.98 Å². The molecule has 0 radical (unpaired) electrons. The summed E-state index contributed by atoms with van der Waals surface area (Å²) in [4.78, 5) is 23.9. The van der Waals surface area contributed by atoms with Crippen molar-refractivity contribution in [3.8, 4) is 0 Å². The topological polar surface area (TPSA) is 70.2 Å². The molecule has 148 valence electrons. The van der Waals surface area contributed by atoms with Crippen LogP contribution in [-0.4, -0.2) is 29.0 Å². The Morgan fingerprint density at radius 1 is 1.14 bits per heavy atom. The van der Waals surface area contributed by atoms with E-state index in [0.29, 0.717) is 24.9 Å². The van der Waals surface area contributed by atoms with Gasteiger partial charge < -0.3 is 15.5 Å². The lowest BCUT2D eigenvalue weighted by Crippen LogP contribution is -2.50. The molecule has 2 N–H and O–H groups in total. The minimum atomic E-state index is -0.435. The van der Waals surface area contributed by atoms with Crippen LogP contribution >= 0.6 is 15.9 Å². The van der Waals surface area contributed by atoms with Crippen molar-refractivity contribution in [2.24, 2.45) is 0 Å². The number of hydrogen-bond acceptors (Lipinski definition) is 5. The third-order valence-corrected chi connectivity index (χ3v) is 5.53. The quantitative estimate of drug-likeness (QED) is 0.611. The molecular formula is C22H22BrN5O. The molecule has 2 atom stereocenters. The van der Waals surface area contributed by atoms with Gasteiger partial charge in [-0.15, -0.1) is 0 Å². The number of halogens is 1. The number of piperazine rings is 1. The Morgan fingerprint density at radius 3 is 2.55 bits per heavy atom. The Bertz CT molecular complexity index is 983. The third kappa shape index (κ3) is 4.24. The Morgan fingerprint density at radius 2 is 1.83 bits per heavy atom. The fraction of sp³-hybridized carbons (Fsp3) is 0.227. The Labute approximate surface area is 178 Å². The molecule has 1 unspecified atom stereocenters. The highest BCUT2D eigenvalue weighted by Crippen LogP contribution is 2.33. The van der Waals surface area contributed by atoms with E-state index in [2.05, 4.69) is 50.6 Å². The standard InChI is InChI=1S/C22H22BrN5O/c1-15(16-8-4-2-5-9-16)26-22-25-14-18(23)20(27-22)28-13-12-24-21(29)19(28)17-10-6-3-7-11-17/h2-11,14-15,19H,12-13H2,1H3,(H,24,29)(H,25,26,27)/t15-,19?/m1/s1. The highest BCUT2D eigenvalue weighted by atomic mass is 79.9. The summed E-state index contributed by atoms with van der Waals surface area (Å²) in [5.74, 6) is 1.20. The largest absolute Gasteiger partial charge is 0.352 e. The number of amides is 1. The molecule has 7 heteroatoms. The Balaban J connectivity index is 1.65. The number of aromatic nitrogens is 2. The predicted octanol–water partition coefficient (Wildman–Crippen LogP) is 4.09. The second kappa shape index (κ2) is 8.61. The highest BCUT2D eigenvalue weighted by Gasteiger charge is 2.33. The van der Waals surface area contributed by atoms with Gasteiger partial charge in [0.05, 0.1) is 10.5 Å². The number of rotatable bonds is 5. The maximum atomic E-state index is 12.7. The zero-order valence-electron chi connectivity index (χ0n) is 16.0. The molecule has 1 aliphatic rings. The van der Waals surface area contributed by atoms with Crippen molar-refractivity contribution in [1.82, 2.24) is 15.3 Å². The summed E-state index contributed by atoms with van der Waals surface area (Å²) in [5, 5.41) is 6.32. The number of hydrogen-bond donors (Lipinski definition) is 2. The first-order valence-electron chi connectivity index (χ1n) is 9.57. The van der Waals surface area contributed by atoms with Crippen LogP contribution in [0.2, 0.25) is 0 Å². The van der Waals surface area contributed by atoms with Crippen molar-refractivity contribution >= 4 is 33.6 Å². The van der Waals surface area contributed by atoms with Crippen LogP contribution < -0.4 is 15.5 Å². The van der Waals surface area contributed by atoms with Gasteiger partial charge in [0.2, 0.25) is 11.9 Å². The van der Waals surface area contributed by atoms with Crippen LogP contribution in [0.3, 0.4) is 0 Å². The van der Waals surface area contributed by atoms with Gasteiger partial charge in [0.25, 0.3) is 0 Å². The molecule has 1 aliphatic heterocycles. The van der Waals surface area contributed by atoms with Crippen LogP contribution in [0.1, 0.15) is 30.1 Å². The minimum Gasteiger partial charge on any atom is -0.352 e. The van der Waals surface area contributed by atoms with E-state index in [1.165, 1.54) is 0 Å². The van der Waals surface area contributed by atoms with E-state index >= 15 is 0 Å². The van der Waals surface area contributed by atoms with Crippen LogP contribution in [0.5, 0.6) is 0 Å².